The molecule has 0 aliphatic carbocycles. The van der Waals surface area contributed by atoms with Crippen LogP contribution in [0, 0.1) is 0 Å². The molecule has 0 saturated heterocycles. The van der Waals surface area contributed by atoms with Crippen molar-refractivity contribution in [2.45, 2.75) is 6.61 Å². The second-order valence-corrected chi connectivity index (χ2v) is 4.22. The Balaban J connectivity index is 2.10. The van der Waals surface area contributed by atoms with E-state index in [1.54, 1.807) is 0 Å². The van der Waals surface area contributed by atoms with Gasteiger partial charge in [0.1, 0.15) is 12.4 Å². The Bertz CT molecular complexity index is 512. The number of hydrogen-bond donors (Lipinski definition) is 2. The van der Waals surface area contributed by atoms with Crippen LogP contribution in [0.1, 0.15) is 5.56 Å². The number of hydrogen-bond acceptors (Lipinski definition) is 5. The zero-order valence-corrected chi connectivity index (χ0v) is 10.5. The quantitative estimate of drug-likeness (QED) is 0.904. The molecule has 0 saturated carbocycles. The number of nitrogens with two attached hydrogens (primary N) is 2. The Morgan fingerprint density at radius 2 is 1.94 bits per heavy atom. The lowest BCUT2D eigenvalue weighted by molar-refractivity contribution is 0.293. The maximum absolute atomic E-state index is 5.54. The molecular formula is C11H11BrN4O. The minimum Gasteiger partial charge on any atom is -0.473 e. The SMILES string of the molecule is Nc1cc(OCc2ccccc2Br)nc(N)n1. The Morgan fingerprint density at radius 3 is 2.65 bits per heavy atom. The molecule has 0 aliphatic rings. The van der Waals surface area contributed by atoms with Gasteiger partial charge in [-0.05, 0) is 6.07 Å². The number of nitrogen functional groups attached to an aromatic ring is 2. The van der Waals surface area contributed by atoms with Crippen LogP contribution in [-0.2, 0) is 6.61 Å². The van der Waals surface area contributed by atoms with E-state index in [0.29, 0.717) is 18.3 Å². The van der Waals surface area contributed by atoms with Gasteiger partial charge in [0.25, 0.3) is 0 Å². The third kappa shape index (κ3) is 3.07. The van der Waals surface area contributed by atoms with Crippen molar-refractivity contribution >= 4 is 27.7 Å². The van der Waals surface area contributed by atoms with Gasteiger partial charge in [0, 0.05) is 16.1 Å². The van der Waals surface area contributed by atoms with Gasteiger partial charge in [0.15, 0.2) is 0 Å². The minimum absolute atomic E-state index is 0.104. The van der Waals surface area contributed by atoms with Crippen LogP contribution in [0.4, 0.5) is 11.8 Å². The topological polar surface area (TPSA) is 87.0 Å². The lowest BCUT2D eigenvalue weighted by Crippen LogP contribution is -2.03. The molecule has 1 aromatic carbocycles. The fraction of sp³-hybridized carbons (Fsp3) is 0.0909. The highest BCUT2D eigenvalue weighted by Gasteiger charge is 2.03. The van der Waals surface area contributed by atoms with Gasteiger partial charge in [-0.25, -0.2) is 0 Å². The molecule has 4 N–H and O–H groups in total. The summed E-state index contributed by atoms with van der Waals surface area (Å²) in [4.78, 5) is 7.69. The summed E-state index contributed by atoms with van der Waals surface area (Å²) in [5.41, 5.74) is 12.0. The van der Waals surface area contributed by atoms with Crippen LogP contribution < -0.4 is 16.2 Å². The molecular weight excluding hydrogens is 284 g/mol. The molecule has 17 heavy (non-hydrogen) atoms. The van der Waals surface area contributed by atoms with Gasteiger partial charge in [-0.1, -0.05) is 34.1 Å². The predicted molar refractivity (Wildman–Crippen MR) is 69.3 cm³/mol. The Kier molecular flexibility index (Phi) is 3.43. The van der Waals surface area contributed by atoms with Crippen LogP contribution in [0.15, 0.2) is 34.8 Å². The number of nitrogens with zero attached hydrogens (tertiary/aromatic N) is 2. The monoisotopic (exact) mass is 294 g/mol. The molecule has 0 fully saturated rings. The average molecular weight is 295 g/mol. The van der Waals surface area contributed by atoms with E-state index in [9.17, 15) is 0 Å². The van der Waals surface area contributed by atoms with Crippen LogP contribution in [-0.4, -0.2) is 9.97 Å². The highest BCUT2D eigenvalue weighted by Crippen LogP contribution is 2.19. The molecule has 0 spiro atoms. The first-order chi connectivity index (χ1) is 8.15. The first kappa shape index (κ1) is 11.7. The summed E-state index contributed by atoms with van der Waals surface area (Å²) in [6.45, 7) is 0.386. The predicted octanol–water partition coefficient (Wildman–Crippen LogP) is 1.98. The zero-order chi connectivity index (χ0) is 12.3. The van der Waals surface area contributed by atoms with E-state index in [0.717, 1.165) is 10.0 Å². The summed E-state index contributed by atoms with van der Waals surface area (Å²) in [6.07, 6.45) is 0. The van der Waals surface area contributed by atoms with Crippen molar-refractivity contribution in [2.75, 3.05) is 11.5 Å². The van der Waals surface area contributed by atoms with Crippen molar-refractivity contribution < 1.29 is 4.74 Å². The fourth-order valence-corrected chi connectivity index (χ4v) is 1.70. The first-order valence-electron chi connectivity index (χ1n) is 4.91. The largest absolute Gasteiger partial charge is 0.473 e. The number of anilines is 2. The fourth-order valence-electron chi connectivity index (χ4n) is 1.30. The van der Waals surface area contributed by atoms with E-state index >= 15 is 0 Å². The molecule has 0 aliphatic heterocycles. The summed E-state index contributed by atoms with van der Waals surface area (Å²) in [6, 6.07) is 9.31. The van der Waals surface area contributed by atoms with Gasteiger partial charge in [0.2, 0.25) is 11.8 Å². The van der Waals surface area contributed by atoms with Crippen molar-refractivity contribution in [2.24, 2.45) is 0 Å². The van der Waals surface area contributed by atoms with Crippen LogP contribution >= 0.6 is 15.9 Å². The highest BCUT2D eigenvalue weighted by molar-refractivity contribution is 9.10. The Morgan fingerprint density at radius 1 is 1.18 bits per heavy atom. The maximum Gasteiger partial charge on any atom is 0.225 e. The molecule has 5 nitrogen and oxygen atoms in total. The molecule has 0 amide bonds. The number of aromatic nitrogens is 2. The van der Waals surface area contributed by atoms with Crippen molar-refractivity contribution in [3.8, 4) is 5.88 Å². The minimum atomic E-state index is 0.104. The van der Waals surface area contributed by atoms with Crippen molar-refractivity contribution in [3.05, 3.63) is 40.4 Å². The molecule has 0 bridgehead atoms. The molecule has 1 heterocycles. The lowest BCUT2D eigenvalue weighted by atomic mass is 10.2. The van der Waals surface area contributed by atoms with Gasteiger partial charge in [-0.3, -0.25) is 0 Å². The zero-order valence-electron chi connectivity index (χ0n) is 8.93. The number of rotatable bonds is 3. The Hall–Kier alpha value is -1.82. The number of ether oxygens (including phenoxy) is 1. The Labute approximate surface area is 107 Å². The summed E-state index contributed by atoms with van der Waals surface area (Å²) in [5.74, 6) is 0.762. The summed E-state index contributed by atoms with van der Waals surface area (Å²) in [7, 11) is 0. The molecule has 0 radical (unpaired) electrons. The molecule has 88 valence electrons. The summed E-state index contributed by atoms with van der Waals surface area (Å²) >= 11 is 3.44. The van der Waals surface area contributed by atoms with Crippen LogP contribution in [0.25, 0.3) is 0 Å². The van der Waals surface area contributed by atoms with E-state index in [2.05, 4.69) is 25.9 Å². The lowest BCUT2D eigenvalue weighted by Gasteiger charge is -2.07. The van der Waals surface area contributed by atoms with Gasteiger partial charge in [-0.2, -0.15) is 9.97 Å². The van der Waals surface area contributed by atoms with E-state index in [1.165, 1.54) is 6.07 Å². The second kappa shape index (κ2) is 5.01. The number of benzene rings is 1. The third-order valence-electron chi connectivity index (χ3n) is 2.07. The maximum atomic E-state index is 5.54. The van der Waals surface area contributed by atoms with Gasteiger partial charge >= 0.3 is 0 Å². The third-order valence-corrected chi connectivity index (χ3v) is 2.85. The van der Waals surface area contributed by atoms with Gasteiger partial charge in [0.05, 0.1) is 0 Å². The molecule has 2 rings (SSSR count). The number of halogens is 1. The molecule has 6 heteroatoms. The van der Waals surface area contributed by atoms with E-state index in [-0.39, 0.29) is 5.95 Å². The average Bonchev–Trinajstić information content (AvgIpc) is 2.27. The molecule has 0 unspecified atom stereocenters. The smallest absolute Gasteiger partial charge is 0.225 e. The van der Waals surface area contributed by atoms with E-state index < -0.39 is 0 Å². The highest BCUT2D eigenvalue weighted by atomic mass is 79.9. The first-order valence-corrected chi connectivity index (χ1v) is 5.70. The van der Waals surface area contributed by atoms with Crippen molar-refractivity contribution in [1.82, 2.24) is 9.97 Å². The second-order valence-electron chi connectivity index (χ2n) is 3.37. The molecule has 1 aromatic heterocycles. The normalized spacial score (nSPS) is 10.2. The van der Waals surface area contributed by atoms with Gasteiger partial charge < -0.3 is 16.2 Å². The van der Waals surface area contributed by atoms with Gasteiger partial charge in [-0.15, -0.1) is 0 Å². The van der Waals surface area contributed by atoms with E-state index in [1.807, 2.05) is 24.3 Å². The summed E-state index contributed by atoms with van der Waals surface area (Å²) in [5, 5.41) is 0. The summed E-state index contributed by atoms with van der Waals surface area (Å²) < 4.78 is 6.47. The molecule has 0 atom stereocenters. The van der Waals surface area contributed by atoms with Crippen LogP contribution in [0.3, 0.4) is 0 Å². The standard InChI is InChI=1S/C11H11BrN4O/c12-8-4-2-1-3-7(8)6-17-10-5-9(13)15-11(14)16-10/h1-5H,6H2,(H4,13,14,15,16). The van der Waals surface area contributed by atoms with E-state index in [4.69, 9.17) is 16.2 Å². The van der Waals surface area contributed by atoms with Crippen LogP contribution in [0.2, 0.25) is 0 Å². The van der Waals surface area contributed by atoms with Crippen LogP contribution in [0.5, 0.6) is 5.88 Å². The van der Waals surface area contributed by atoms with Crippen molar-refractivity contribution in [1.29, 1.82) is 0 Å². The van der Waals surface area contributed by atoms with Crippen molar-refractivity contribution in [3.63, 3.8) is 0 Å². The molecule has 2 aromatic rings.